The van der Waals surface area contributed by atoms with E-state index in [1.165, 1.54) is 24.3 Å². The summed E-state index contributed by atoms with van der Waals surface area (Å²) in [5.41, 5.74) is -0.0661. The van der Waals surface area contributed by atoms with Crippen molar-refractivity contribution in [3.8, 4) is 5.75 Å². The van der Waals surface area contributed by atoms with E-state index < -0.39 is 33.8 Å². The standard InChI is InChI=1S/C13H17NO7S/c1-2-21-13(17)10(7-8-22(18,19)20)14-12(16)9-5-3-4-6-11(9)15/h3-6,10,15H,2,7-8H2,1H3,(H,14,16)(H,18,19,20)/t10-/m0/s1. The van der Waals surface area contributed by atoms with Gasteiger partial charge < -0.3 is 15.2 Å². The van der Waals surface area contributed by atoms with E-state index in [9.17, 15) is 23.1 Å². The minimum Gasteiger partial charge on any atom is -0.507 e. The Hall–Kier alpha value is -2.13. The number of para-hydroxylation sites is 1. The molecule has 0 saturated carbocycles. The lowest BCUT2D eigenvalue weighted by Crippen LogP contribution is -2.43. The first kappa shape index (κ1) is 17.9. The summed E-state index contributed by atoms with van der Waals surface area (Å²) >= 11 is 0. The van der Waals surface area contributed by atoms with Crippen molar-refractivity contribution in [3.05, 3.63) is 29.8 Å². The zero-order chi connectivity index (χ0) is 16.8. The van der Waals surface area contributed by atoms with Crippen LogP contribution in [0.25, 0.3) is 0 Å². The van der Waals surface area contributed by atoms with Crippen molar-refractivity contribution in [3.63, 3.8) is 0 Å². The predicted octanol–water partition coefficient (Wildman–Crippen LogP) is 0.332. The Labute approximate surface area is 127 Å². The molecule has 3 N–H and O–H groups in total. The molecule has 0 aliphatic rings. The second-order valence-corrected chi connectivity index (χ2v) is 5.94. The number of carbonyl (C=O) groups excluding carboxylic acids is 2. The summed E-state index contributed by atoms with van der Waals surface area (Å²) in [5, 5.41) is 11.9. The van der Waals surface area contributed by atoms with Crippen molar-refractivity contribution in [1.82, 2.24) is 5.32 Å². The predicted molar refractivity (Wildman–Crippen MR) is 77.0 cm³/mol. The van der Waals surface area contributed by atoms with Gasteiger partial charge in [0.25, 0.3) is 16.0 Å². The first-order chi connectivity index (χ1) is 10.2. The molecule has 0 aromatic heterocycles. The molecule has 0 aliphatic carbocycles. The van der Waals surface area contributed by atoms with Crippen LogP contribution in [0.4, 0.5) is 0 Å². The van der Waals surface area contributed by atoms with E-state index in [-0.39, 0.29) is 24.3 Å². The van der Waals surface area contributed by atoms with Gasteiger partial charge in [-0.25, -0.2) is 4.79 Å². The van der Waals surface area contributed by atoms with Crippen molar-refractivity contribution in [1.29, 1.82) is 0 Å². The molecule has 1 rings (SSSR count). The van der Waals surface area contributed by atoms with Gasteiger partial charge in [-0.2, -0.15) is 8.42 Å². The van der Waals surface area contributed by atoms with Crippen molar-refractivity contribution >= 4 is 22.0 Å². The maximum atomic E-state index is 12.0. The Bertz CT molecular complexity index is 642. The molecule has 1 aromatic carbocycles. The van der Waals surface area contributed by atoms with Gasteiger partial charge in [-0.3, -0.25) is 9.35 Å². The number of amides is 1. The molecule has 8 nitrogen and oxygen atoms in total. The minimum absolute atomic E-state index is 0.0493. The van der Waals surface area contributed by atoms with Crippen LogP contribution in [0.5, 0.6) is 5.75 Å². The summed E-state index contributed by atoms with van der Waals surface area (Å²) in [7, 11) is -4.28. The number of esters is 1. The van der Waals surface area contributed by atoms with Gasteiger partial charge in [0.2, 0.25) is 0 Å². The van der Waals surface area contributed by atoms with Crippen molar-refractivity contribution < 1.29 is 32.4 Å². The minimum atomic E-state index is -4.28. The van der Waals surface area contributed by atoms with Crippen molar-refractivity contribution in [2.75, 3.05) is 12.4 Å². The fourth-order valence-electron chi connectivity index (χ4n) is 1.66. The largest absolute Gasteiger partial charge is 0.507 e. The summed E-state index contributed by atoms with van der Waals surface area (Å²) in [6.45, 7) is 1.61. The van der Waals surface area contributed by atoms with Crippen LogP contribution in [0.1, 0.15) is 23.7 Å². The van der Waals surface area contributed by atoms with E-state index in [2.05, 4.69) is 5.32 Å². The SMILES string of the molecule is CCOC(=O)[C@H](CCS(=O)(=O)O)NC(=O)c1ccccc1O. The first-order valence-corrected chi connectivity index (χ1v) is 8.06. The number of hydrogen-bond donors (Lipinski definition) is 3. The van der Waals surface area contributed by atoms with Crippen LogP contribution < -0.4 is 5.32 Å². The number of ether oxygens (including phenoxy) is 1. The molecule has 1 aromatic rings. The Morgan fingerprint density at radius 2 is 1.95 bits per heavy atom. The van der Waals surface area contributed by atoms with Crippen LogP contribution in [0.15, 0.2) is 24.3 Å². The molecule has 0 fully saturated rings. The zero-order valence-corrected chi connectivity index (χ0v) is 12.7. The summed E-state index contributed by atoms with van der Waals surface area (Å²) in [6, 6.07) is 4.43. The second-order valence-electron chi connectivity index (χ2n) is 4.37. The van der Waals surface area contributed by atoms with E-state index in [0.29, 0.717) is 0 Å². The highest BCUT2D eigenvalue weighted by Gasteiger charge is 2.25. The molecule has 0 heterocycles. The van der Waals surface area contributed by atoms with Crippen molar-refractivity contribution in [2.24, 2.45) is 0 Å². The molecular weight excluding hydrogens is 314 g/mol. The number of phenols is 1. The molecule has 22 heavy (non-hydrogen) atoms. The number of hydrogen-bond acceptors (Lipinski definition) is 6. The van der Waals surface area contributed by atoms with E-state index in [1.807, 2.05) is 0 Å². The van der Waals surface area contributed by atoms with Gasteiger partial charge >= 0.3 is 5.97 Å². The molecule has 1 amide bonds. The highest BCUT2D eigenvalue weighted by molar-refractivity contribution is 7.85. The Kier molecular flexibility index (Phi) is 6.32. The fourth-order valence-corrected chi connectivity index (χ4v) is 2.19. The summed E-state index contributed by atoms with van der Waals surface area (Å²) in [5.74, 6) is -2.57. The molecule has 1 atom stereocenters. The Balaban J connectivity index is 2.85. The molecule has 0 spiro atoms. The van der Waals surface area contributed by atoms with Crippen LogP contribution in [0.2, 0.25) is 0 Å². The van der Waals surface area contributed by atoms with E-state index in [4.69, 9.17) is 9.29 Å². The summed E-state index contributed by atoms with van der Waals surface area (Å²) in [4.78, 5) is 23.8. The number of benzene rings is 1. The second kappa shape index (κ2) is 7.76. The summed E-state index contributed by atoms with van der Waals surface area (Å²) in [6.07, 6.45) is -0.350. The number of rotatable bonds is 7. The van der Waals surface area contributed by atoms with Gasteiger partial charge in [0.05, 0.1) is 17.9 Å². The number of carbonyl (C=O) groups is 2. The van der Waals surface area contributed by atoms with Crippen LogP contribution >= 0.6 is 0 Å². The van der Waals surface area contributed by atoms with Crippen molar-refractivity contribution in [2.45, 2.75) is 19.4 Å². The van der Waals surface area contributed by atoms with Gasteiger partial charge in [-0.1, -0.05) is 12.1 Å². The average molecular weight is 331 g/mol. The average Bonchev–Trinajstić information content (AvgIpc) is 2.42. The van der Waals surface area contributed by atoms with Crippen LogP contribution in [-0.4, -0.2) is 48.4 Å². The number of aromatic hydroxyl groups is 1. The third-order valence-corrected chi connectivity index (χ3v) is 3.44. The van der Waals surface area contributed by atoms with E-state index in [1.54, 1.807) is 6.92 Å². The van der Waals surface area contributed by atoms with Crippen LogP contribution in [-0.2, 0) is 19.6 Å². The Morgan fingerprint density at radius 1 is 1.32 bits per heavy atom. The monoisotopic (exact) mass is 331 g/mol. The molecule has 0 aliphatic heterocycles. The third-order valence-electron chi connectivity index (χ3n) is 2.69. The van der Waals surface area contributed by atoms with Gasteiger partial charge in [0.15, 0.2) is 0 Å². The lowest BCUT2D eigenvalue weighted by molar-refractivity contribution is -0.145. The quantitative estimate of drug-likeness (QED) is 0.485. The molecule has 9 heteroatoms. The topological polar surface area (TPSA) is 130 Å². The summed E-state index contributed by atoms with van der Waals surface area (Å²) < 4.78 is 35.0. The zero-order valence-electron chi connectivity index (χ0n) is 11.9. The lowest BCUT2D eigenvalue weighted by Gasteiger charge is -2.17. The van der Waals surface area contributed by atoms with Crippen LogP contribution in [0, 0.1) is 0 Å². The van der Waals surface area contributed by atoms with Gasteiger partial charge in [-0.15, -0.1) is 0 Å². The van der Waals surface area contributed by atoms with Gasteiger partial charge in [0.1, 0.15) is 11.8 Å². The molecule has 0 bridgehead atoms. The lowest BCUT2D eigenvalue weighted by atomic mass is 10.1. The highest BCUT2D eigenvalue weighted by atomic mass is 32.2. The van der Waals surface area contributed by atoms with Gasteiger partial charge in [0, 0.05) is 0 Å². The molecule has 122 valence electrons. The first-order valence-electron chi connectivity index (χ1n) is 6.45. The third kappa shape index (κ3) is 5.70. The van der Waals surface area contributed by atoms with Gasteiger partial charge in [-0.05, 0) is 25.5 Å². The Morgan fingerprint density at radius 3 is 2.50 bits per heavy atom. The van der Waals surface area contributed by atoms with Crippen LogP contribution in [0.3, 0.4) is 0 Å². The maximum Gasteiger partial charge on any atom is 0.328 e. The fraction of sp³-hybridized carbons (Fsp3) is 0.385. The number of nitrogens with one attached hydrogen (secondary N) is 1. The molecule has 0 saturated heterocycles. The van der Waals surface area contributed by atoms with E-state index in [0.717, 1.165) is 0 Å². The van der Waals surface area contributed by atoms with E-state index >= 15 is 0 Å². The smallest absolute Gasteiger partial charge is 0.328 e. The number of phenolic OH excluding ortho intramolecular Hbond substituents is 1. The molecule has 0 radical (unpaired) electrons. The molecule has 0 unspecified atom stereocenters. The highest BCUT2D eigenvalue weighted by Crippen LogP contribution is 2.15. The maximum absolute atomic E-state index is 12.0. The molecular formula is C13H17NO7S. The normalized spacial score (nSPS) is 12.5.